The van der Waals surface area contributed by atoms with Crippen molar-refractivity contribution in [2.75, 3.05) is 20.6 Å². The van der Waals surface area contributed by atoms with Crippen LogP contribution in [0.25, 0.3) is 0 Å². The number of rotatable bonds is 6. The van der Waals surface area contributed by atoms with Gasteiger partial charge in [-0.25, -0.2) is 12.7 Å². The van der Waals surface area contributed by atoms with Crippen LogP contribution in [0.15, 0.2) is 33.8 Å². The van der Waals surface area contributed by atoms with E-state index in [2.05, 4.69) is 17.5 Å². The number of nitrogens with zero attached hydrogens (tertiary/aromatic N) is 1. The summed E-state index contributed by atoms with van der Waals surface area (Å²) in [6.45, 7) is 1.49. The van der Waals surface area contributed by atoms with Gasteiger partial charge < -0.3 is 9.73 Å². The fraction of sp³-hybridized carbons (Fsp3) is 0.571. The highest BCUT2D eigenvalue weighted by atomic mass is 32.2. The maximum absolute atomic E-state index is 11.9. The van der Waals surface area contributed by atoms with Crippen molar-refractivity contribution >= 4 is 10.0 Å². The summed E-state index contributed by atoms with van der Waals surface area (Å²) < 4.78 is 30.3. The van der Waals surface area contributed by atoms with Crippen LogP contribution < -0.4 is 5.32 Å². The molecule has 1 heterocycles. The van der Waals surface area contributed by atoms with Gasteiger partial charge >= 0.3 is 0 Å². The summed E-state index contributed by atoms with van der Waals surface area (Å²) in [5.74, 6) is 1.32. The third-order valence-corrected chi connectivity index (χ3v) is 5.17. The van der Waals surface area contributed by atoms with Gasteiger partial charge in [0.2, 0.25) is 5.09 Å². The Morgan fingerprint density at radius 3 is 2.80 bits per heavy atom. The molecule has 0 fully saturated rings. The van der Waals surface area contributed by atoms with E-state index in [-0.39, 0.29) is 5.09 Å². The lowest BCUT2D eigenvalue weighted by Crippen LogP contribution is -2.23. The van der Waals surface area contributed by atoms with Crippen LogP contribution in [0.4, 0.5) is 0 Å². The van der Waals surface area contributed by atoms with E-state index in [1.165, 1.54) is 26.6 Å². The van der Waals surface area contributed by atoms with Gasteiger partial charge in [-0.15, -0.1) is 0 Å². The lowest BCUT2D eigenvalue weighted by Gasteiger charge is -2.17. The molecule has 1 atom stereocenters. The first-order chi connectivity index (χ1) is 9.50. The minimum absolute atomic E-state index is 0.0000929. The van der Waals surface area contributed by atoms with Gasteiger partial charge in [0.25, 0.3) is 10.0 Å². The number of allylic oxidation sites excluding steroid dienone is 2. The normalized spacial score (nSPS) is 19.6. The Labute approximate surface area is 120 Å². The van der Waals surface area contributed by atoms with Crippen molar-refractivity contribution in [3.05, 3.63) is 30.0 Å². The van der Waals surface area contributed by atoms with Crippen LogP contribution in [0.5, 0.6) is 0 Å². The number of hydrogen-bond donors (Lipinski definition) is 1. The number of nitrogens with one attached hydrogen (secondary N) is 1. The second kappa shape index (κ2) is 6.56. The summed E-state index contributed by atoms with van der Waals surface area (Å²) in [5, 5.41) is 3.33. The fourth-order valence-electron chi connectivity index (χ4n) is 2.21. The molecule has 1 aromatic rings. The molecule has 0 aromatic carbocycles. The molecule has 1 aromatic heterocycles. The van der Waals surface area contributed by atoms with Gasteiger partial charge in [0.1, 0.15) is 5.76 Å². The number of furan rings is 1. The Kier molecular flexibility index (Phi) is 5.01. The summed E-state index contributed by atoms with van der Waals surface area (Å²) in [4.78, 5) is 0. The van der Waals surface area contributed by atoms with Crippen molar-refractivity contribution in [2.24, 2.45) is 5.92 Å². The molecule has 0 saturated heterocycles. The molecular formula is C14H22N2O3S. The molecule has 0 bridgehead atoms. The van der Waals surface area contributed by atoms with Crippen molar-refractivity contribution in [3.63, 3.8) is 0 Å². The van der Waals surface area contributed by atoms with E-state index in [0.29, 0.717) is 18.2 Å². The van der Waals surface area contributed by atoms with Crippen LogP contribution >= 0.6 is 0 Å². The number of hydrogen-bond acceptors (Lipinski definition) is 4. The van der Waals surface area contributed by atoms with Crippen LogP contribution in [0, 0.1) is 5.92 Å². The highest BCUT2D eigenvalue weighted by Crippen LogP contribution is 2.18. The maximum atomic E-state index is 11.9. The first kappa shape index (κ1) is 15.3. The second-order valence-electron chi connectivity index (χ2n) is 5.29. The summed E-state index contributed by atoms with van der Waals surface area (Å²) in [7, 11) is -0.487. The third-order valence-electron chi connectivity index (χ3n) is 3.48. The SMILES string of the molecule is CN(C)S(=O)(=O)c1ccc(CNCC2CC=CCC2)o1. The molecule has 2 rings (SSSR count). The molecule has 5 nitrogen and oxygen atoms in total. The second-order valence-corrected chi connectivity index (χ2v) is 7.37. The van der Waals surface area contributed by atoms with Crippen LogP contribution in [-0.2, 0) is 16.6 Å². The fourth-order valence-corrected chi connectivity index (χ4v) is 3.03. The Bertz CT molecular complexity index is 561. The summed E-state index contributed by atoms with van der Waals surface area (Å²) in [5.41, 5.74) is 0. The van der Waals surface area contributed by atoms with Gasteiger partial charge in [-0.05, 0) is 43.9 Å². The van der Waals surface area contributed by atoms with Gasteiger partial charge in [-0.1, -0.05) is 12.2 Å². The van der Waals surface area contributed by atoms with Crippen LogP contribution in [0.3, 0.4) is 0 Å². The summed E-state index contributed by atoms with van der Waals surface area (Å²) in [6.07, 6.45) is 7.93. The molecule has 0 saturated carbocycles. The van der Waals surface area contributed by atoms with Crippen molar-refractivity contribution in [2.45, 2.75) is 30.9 Å². The van der Waals surface area contributed by atoms with Crippen molar-refractivity contribution in [1.29, 1.82) is 0 Å². The maximum Gasteiger partial charge on any atom is 0.275 e. The first-order valence-corrected chi connectivity index (χ1v) is 8.31. The zero-order valence-corrected chi connectivity index (χ0v) is 12.8. The van der Waals surface area contributed by atoms with Gasteiger partial charge in [-0.2, -0.15) is 0 Å². The Morgan fingerprint density at radius 1 is 1.35 bits per heavy atom. The topological polar surface area (TPSA) is 62.6 Å². The van der Waals surface area contributed by atoms with Gasteiger partial charge in [0, 0.05) is 14.1 Å². The Balaban J connectivity index is 1.85. The van der Waals surface area contributed by atoms with E-state index >= 15 is 0 Å². The molecule has 1 N–H and O–H groups in total. The molecule has 0 radical (unpaired) electrons. The van der Waals surface area contributed by atoms with E-state index in [1.807, 2.05) is 0 Å². The molecule has 1 aliphatic rings. The lowest BCUT2D eigenvalue weighted by molar-refractivity contribution is 0.375. The van der Waals surface area contributed by atoms with Crippen molar-refractivity contribution in [1.82, 2.24) is 9.62 Å². The quantitative estimate of drug-likeness (QED) is 0.816. The Hall–Kier alpha value is -1.11. The standard InChI is InChI=1S/C14H22N2O3S/c1-16(2)20(17,18)14-9-8-13(19-14)11-15-10-12-6-4-3-5-7-12/h3-4,8-9,12,15H,5-7,10-11H2,1-2H3. The van der Waals surface area contributed by atoms with Gasteiger partial charge in [-0.3, -0.25) is 0 Å². The molecule has 1 aliphatic carbocycles. The van der Waals surface area contributed by atoms with Crippen LogP contribution in [-0.4, -0.2) is 33.4 Å². The number of sulfonamides is 1. The summed E-state index contributed by atoms with van der Waals surface area (Å²) >= 11 is 0. The smallest absolute Gasteiger partial charge is 0.275 e. The molecular weight excluding hydrogens is 276 g/mol. The molecule has 6 heteroatoms. The molecule has 0 aliphatic heterocycles. The monoisotopic (exact) mass is 298 g/mol. The first-order valence-electron chi connectivity index (χ1n) is 6.87. The predicted molar refractivity (Wildman–Crippen MR) is 77.8 cm³/mol. The van der Waals surface area contributed by atoms with E-state index in [0.717, 1.165) is 23.7 Å². The van der Waals surface area contributed by atoms with Gasteiger partial charge in [0.15, 0.2) is 0 Å². The van der Waals surface area contributed by atoms with Gasteiger partial charge in [0.05, 0.1) is 6.54 Å². The Morgan fingerprint density at radius 2 is 2.15 bits per heavy atom. The zero-order chi connectivity index (χ0) is 14.6. The molecule has 0 amide bonds. The lowest BCUT2D eigenvalue weighted by atomic mass is 9.94. The molecule has 20 heavy (non-hydrogen) atoms. The van der Waals surface area contributed by atoms with Crippen molar-refractivity contribution in [3.8, 4) is 0 Å². The minimum atomic E-state index is -3.47. The van der Waals surface area contributed by atoms with Crippen LogP contribution in [0.1, 0.15) is 25.0 Å². The highest BCUT2D eigenvalue weighted by Gasteiger charge is 2.21. The van der Waals surface area contributed by atoms with E-state index < -0.39 is 10.0 Å². The minimum Gasteiger partial charge on any atom is -0.447 e. The average molecular weight is 298 g/mol. The van der Waals surface area contributed by atoms with Crippen molar-refractivity contribution < 1.29 is 12.8 Å². The predicted octanol–water partition coefficient (Wildman–Crippen LogP) is 1.98. The molecule has 1 unspecified atom stereocenters. The zero-order valence-electron chi connectivity index (χ0n) is 12.0. The average Bonchev–Trinajstić information content (AvgIpc) is 2.89. The van der Waals surface area contributed by atoms with E-state index in [4.69, 9.17) is 4.42 Å². The third kappa shape index (κ3) is 3.71. The van der Waals surface area contributed by atoms with Crippen LogP contribution in [0.2, 0.25) is 0 Å². The molecule has 0 spiro atoms. The molecule has 112 valence electrons. The van der Waals surface area contributed by atoms with E-state index in [9.17, 15) is 8.42 Å². The summed E-state index contributed by atoms with van der Waals surface area (Å²) in [6, 6.07) is 3.22. The van der Waals surface area contributed by atoms with E-state index in [1.54, 1.807) is 6.07 Å². The highest BCUT2D eigenvalue weighted by molar-refractivity contribution is 7.88. The largest absolute Gasteiger partial charge is 0.447 e.